The Hall–Kier alpha value is -2.11. The fraction of sp³-hybridized carbons (Fsp3) is 0.364. The molecule has 0 radical (unpaired) electrons. The average molecular weight is 236 g/mol. The third-order valence-corrected chi connectivity index (χ3v) is 2.83. The summed E-state index contributed by atoms with van der Waals surface area (Å²) in [5, 5.41) is 24.2. The molecule has 0 saturated heterocycles. The highest BCUT2D eigenvalue weighted by Gasteiger charge is 2.42. The van der Waals surface area contributed by atoms with Crippen molar-refractivity contribution in [1.82, 2.24) is 9.48 Å². The Morgan fingerprint density at radius 2 is 1.82 bits per heavy atom. The Labute approximate surface area is 97.2 Å². The summed E-state index contributed by atoms with van der Waals surface area (Å²) in [6.07, 6.45) is 0. The molecule has 0 aliphatic carbocycles. The minimum atomic E-state index is -1.20. The molecule has 2 rings (SSSR count). The van der Waals surface area contributed by atoms with E-state index < -0.39 is 11.6 Å². The van der Waals surface area contributed by atoms with Crippen LogP contribution in [0, 0.1) is 10.4 Å². The number of hydroxylamine groups is 2. The van der Waals surface area contributed by atoms with Crippen molar-refractivity contribution in [2.24, 2.45) is 0 Å². The summed E-state index contributed by atoms with van der Waals surface area (Å²) in [6.45, 7) is 3.04. The first-order chi connectivity index (χ1) is 7.89. The first-order valence-electron chi connectivity index (χ1n) is 5.06. The number of carbonyl (C=O) groups is 1. The van der Waals surface area contributed by atoms with Crippen LogP contribution >= 0.6 is 0 Å². The van der Waals surface area contributed by atoms with Gasteiger partial charge >= 0.3 is 11.6 Å². The average Bonchev–Trinajstić information content (AvgIpc) is 2.50. The molecule has 0 amide bonds. The van der Waals surface area contributed by atoms with Crippen LogP contribution in [-0.4, -0.2) is 18.7 Å². The van der Waals surface area contributed by atoms with E-state index in [1.165, 1.54) is 39.2 Å². The molecule has 0 aromatic heterocycles. The maximum absolute atomic E-state index is 11.9. The van der Waals surface area contributed by atoms with Crippen molar-refractivity contribution >= 4 is 5.97 Å². The molecule has 0 unspecified atom stereocenters. The number of esters is 1. The van der Waals surface area contributed by atoms with Crippen LogP contribution in [0.4, 0.5) is 0 Å². The van der Waals surface area contributed by atoms with E-state index in [0.29, 0.717) is 9.48 Å². The van der Waals surface area contributed by atoms with Crippen molar-refractivity contribution in [3.05, 3.63) is 44.9 Å². The van der Waals surface area contributed by atoms with Gasteiger partial charge in [-0.05, 0) is 6.07 Å². The van der Waals surface area contributed by atoms with Crippen LogP contribution in [-0.2, 0) is 4.74 Å². The molecule has 0 atom stereocenters. The zero-order valence-electron chi connectivity index (χ0n) is 9.76. The van der Waals surface area contributed by atoms with E-state index in [-0.39, 0.29) is 16.3 Å². The number of ether oxygens (including phenoxy) is 1. The van der Waals surface area contributed by atoms with Crippen LogP contribution in [0.15, 0.2) is 18.2 Å². The van der Waals surface area contributed by atoms with E-state index in [2.05, 4.69) is 4.74 Å². The van der Waals surface area contributed by atoms with Crippen molar-refractivity contribution in [3.8, 4) is 0 Å². The first kappa shape index (κ1) is 11.4. The zero-order chi connectivity index (χ0) is 12.8. The van der Waals surface area contributed by atoms with Gasteiger partial charge in [0.05, 0.1) is 26.5 Å². The Morgan fingerprint density at radius 3 is 2.41 bits per heavy atom. The predicted octanol–water partition coefficient (Wildman–Crippen LogP) is -0.799. The number of nitrogens with zero attached hydrogens (tertiary/aromatic N) is 2. The fourth-order valence-electron chi connectivity index (χ4n) is 1.77. The van der Waals surface area contributed by atoms with E-state index in [1.54, 1.807) is 0 Å². The highest BCUT2D eigenvalue weighted by Crippen LogP contribution is 2.06. The van der Waals surface area contributed by atoms with Gasteiger partial charge < -0.3 is 15.2 Å². The molecule has 1 aromatic rings. The monoisotopic (exact) mass is 236 g/mol. The maximum Gasteiger partial charge on any atom is 0.366 e. The van der Waals surface area contributed by atoms with Gasteiger partial charge in [0, 0.05) is 12.1 Å². The van der Waals surface area contributed by atoms with Crippen molar-refractivity contribution in [3.63, 3.8) is 0 Å². The molecule has 0 spiro atoms. The summed E-state index contributed by atoms with van der Waals surface area (Å²) in [5.74, 6) is -0.539. The quantitative estimate of drug-likeness (QED) is 0.363. The fourth-order valence-corrected chi connectivity index (χ4v) is 1.77. The SMILES string of the molecule is COC(=O)c1ccc2c(c1)=[N+]([O-])C(C)(C)[N+]=2[O-]. The van der Waals surface area contributed by atoms with Crippen LogP contribution in [0.3, 0.4) is 0 Å². The van der Waals surface area contributed by atoms with Gasteiger partial charge in [-0.25, -0.2) is 4.79 Å². The summed E-state index contributed by atoms with van der Waals surface area (Å²) < 4.78 is 5.79. The lowest BCUT2D eigenvalue weighted by Gasteiger charge is -2.17. The van der Waals surface area contributed by atoms with Crippen LogP contribution in [0.2, 0.25) is 0 Å². The lowest BCUT2D eigenvalue weighted by atomic mass is 10.2. The number of carbonyl (C=O) groups excluding carboxylic acids is 1. The van der Waals surface area contributed by atoms with Crippen LogP contribution < -0.4 is 20.2 Å². The third-order valence-electron chi connectivity index (χ3n) is 2.83. The lowest BCUT2D eigenvalue weighted by Crippen LogP contribution is -2.46. The molecule has 90 valence electrons. The largest absolute Gasteiger partial charge is 0.618 e. The molecular weight excluding hydrogens is 224 g/mol. The normalized spacial score (nSPS) is 16.9. The highest BCUT2D eigenvalue weighted by molar-refractivity contribution is 5.89. The maximum atomic E-state index is 11.9. The molecule has 1 aliphatic rings. The Bertz CT molecular complexity index is 619. The standard InChI is InChI=1S/C11H12N2O4/c1-11(2)12(15)8-5-4-7(10(14)17-3)6-9(8)13(11)16/h4-6H,1-3H3. The number of rotatable bonds is 1. The molecule has 6 nitrogen and oxygen atoms in total. The smallest absolute Gasteiger partial charge is 0.366 e. The Balaban J connectivity index is 2.77. The highest BCUT2D eigenvalue weighted by atomic mass is 16.5. The first-order valence-corrected chi connectivity index (χ1v) is 5.06. The molecule has 1 aliphatic heterocycles. The topological polar surface area (TPSA) is 78.4 Å². The summed E-state index contributed by atoms with van der Waals surface area (Å²) in [6, 6.07) is 4.28. The van der Waals surface area contributed by atoms with E-state index in [1.807, 2.05) is 0 Å². The Kier molecular flexibility index (Phi) is 2.30. The molecule has 1 heterocycles. The van der Waals surface area contributed by atoms with Crippen molar-refractivity contribution in [1.29, 1.82) is 0 Å². The van der Waals surface area contributed by atoms with Crippen molar-refractivity contribution in [2.75, 3.05) is 7.11 Å². The van der Waals surface area contributed by atoms with Gasteiger partial charge in [-0.3, -0.25) is 0 Å². The summed E-state index contributed by atoms with van der Waals surface area (Å²) in [4.78, 5) is 11.3. The molecule has 6 heteroatoms. The second-order valence-electron chi connectivity index (χ2n) is 4.28. The van der Waals surface area contributed by atoms with E-state index >= 15 is 0 Å². The second-order valence-corrected chi connectivity index (χ2v) is 4.28. The van der Waals surface area contributed by atoms with E-state index in [4.69, 9.17) is 0 Å². The van der Waals surface area contributed by atoms with Gasteiger partial charge in [0.15, 0.2) is 0 Å². The van der Waals surface area contributed by atoms with Gasteiger partial charge in [-0.15, -0.1) is 9.48 Å². The minimum absolute atomic E-state index is 0.188. The molecule has 0 saturated carbocycles. The molecular formula is C11H12N2O4. The van der Waals surface area contributed by atoms with E-state index in [9.17, 15) is 15.2 Å². The number of hydrogen-bond donors (Lipinski definition) is 0. The van der Waals surface area contributed by atoms with Gasteiger partial charge in [-0.1, -0.05) is 0 Å². The second kappa shape index (κ2) is 3.44. The van der Waals surface area contributed by atoms with Crippen LogP contribution in [0.25, 0.3) is 0 Å². The summed E-state index contributed by atoms with van der Waals surface area (Å²) in [5.41, 5.74) is -0.949. The number of benzene rings is 1. The molecule has 0 bridgehead atoms. The number of hydrogen-bond acceptors (Lipinski definition) is 4. The van der Waals surface area contributed by atoms with Crippen LogP contribution in [0.5, 0.6) is 0 Å². The molecule has 0 N–H and O–H groups in total. The number of methoxy groups -OCH3 is 1. The summed E-state index contributed by atoms with van der Waals surface area (Å²) in [7, 11) is 1.26. The van der Waals surface area contributed by atoms with Gasteiger partial charge in [0.1, 0.15) is 0 Å². The Morgan fingerprint density at radius 1 is 1.24 bits per heavy atom. The van der Waals surface area contributed by atoms with Gasteiger partial charge in [0.2, 0.25) is 0 Å². The predicted molar refractivity (Wildman–Crippen MR) is 60.3 cm³/mol. The lowest BCUT2D eigenvalue weighted by molar-refractivity contribution is 0.0600. The third kappa shape index (κ3) is 1.44. The van der Waals surface area contributed by atoms with Crippen molar-refractivity contribution < 1.29 is 9.53 Å². The van der Waals surface area contributed by atoms with Crippen LogP contribution in [0.1, 0.15) is 24.2 Å². The molecule has 0 fully saturated rings. The molecule has 17 heavy (non-hydrogen) atoms. The summed E-state index contributed by atoms with van der Waals surface area (Å²) >= 11 is 0. The zero-order valence-corrected chi connectivity index (χ0v) is 9.76. The minimum Gasteiger partial charge on any atom is -0.618 e. The molecule has 1 aromatic carbocycles. The number of fused-ring (bicyclic) bond motifs is 1. The van der Waals surface area contributed by atoms with Gasteiger partial charge in [0.25, 0.3) is 10.7 Å². The van der Waals surface area contributed by atoms with Gasteiger partial charge in [-0.2, -0.15) is 0 Å². The van der Waals surface area contributed by atoms with E-state index in [0.717, 1.165) is 0 Å². The van der Waals surface area contributed by atoms with Crippen molar-refractivity contribution in [2.45, 2.75) is 19.5 Å².